The minimum absolute atomic E-state index is 0.294. The van der Waals surface area contributed by atoms with Crippen molar-refractivity contribution >= 4 is 17.6 Å². The molecule has 6 heteroatoms. The van der Waals surface area contributed by atoms with E-state index in [1.165, 1.54) is 16.8 Å². The van der Waals surface area contributed by atoms with Crippen molar-refractivity contribution in [3.63, 3.8) is 0 Å². The molecule has 1 aliphatic heterocycles. The fraction of sp³-hybridized carbons (Fsp3) is 0.600. The van der Waals surface area contributed by atoms with Crippen LogP contribution in [-0.4, -0.2) is 57.0 Å². The van der Waals surface area contributed by atoms with E-state index in [1.807, 2.05) is 4.90 Å². The van der Waals surface area contributed by atoms with Crippen LogP contribution in [0.15, 0.2) is 23.2 Å². The lowest BCUT2D eigenvalue weighted by molar-refractivity contribution is -0.127. The van der Waals surface area contributed by atoms with Crippen molar-refractivity contribution in [3.8, 4) is 0 Å². The maximum Gasteiger partial charge on any atom is 0.222 e. The molecule has 6 nitrogen and oxygen atoms in total. The lowest BCUT2D eigenvalue weighted by Gasteiger charge is -2.17. The predicted octanol–water partition coefficient (Wildman–Crippen LogP) is 2.13. The molecule has 0 spiro atoms. The SMILES string of the molecule is CCNC(=NCc1ccc(N(C)C)cc1C)NCCCN1CCCC1=O. The maximum atomic E-state index is 11.6. The Bertz CT molecular complexity index is 627. The van der Waals surface area contributed by atoms with Crippen LogP contribution in [0.1, 0.15) is 37.3 Å². The molecular formula is C20H33N5O. The minimum atomic E-state index is 0.294. The minimum Gasteiger partial charge on any atom is -0.378 e. The highest BCUT2D eigenvalue weighted by Crippen LogP contribution is 2.18. The Morgan fingerprint density at radius 3 is 2.73 bits per heavy atom. The van der Waals surface area contributed by atoms with E-state index in [0.717, 1.165) is 45.0 Å². The van der Waals surface area contributed by atoms with Crippen LogP contribution in [-0.2, 0) is 11.3 Å². The molecule has 1 aromatic carbocycles. The van der Waals surface area contributed by atoms with Gasteiger partial charge in [0.05, 0.1) is 6.54 Å². The second-order valence-electron chi connectivity index (χ2n) is 6.97. The number of carbonyl (C=O) groups is 1. The van der Waals surface area contributed by atoms with Gasteiger partial charge >= 0.3 is 0 Å². The Hall–Kier alpha value is -2.24. The number of nitrogens with zero attached hydrogens (tertiary/aromatic N) is 3. The number of aliphatic imine (C=N–C) groups is 1. The highest BCUT2D eigenvalue weighted by Gasteiger charge is 2.18. The molecule has 0 aromatic heterocycles. The van der Waals surface area contributed by atoms with Crippen LogP contribution in [0.25, 0.3) is 0 Å². The number of aryl methyl sites for hydroxylation is 1. The summed E-state index contributed by atoms with van der Waals surface area (Å²) in [6.45, 7) is 8.23. The summed E-state index contributed by atoms with van der Waals surface area (Å²) in [5.74, 6) is 1.12. The predicted molar refractivity (Wildman–Crippen MR) is 109 cm³/mol. The summed E-state index contributed by atoms with van der Waals surface area (Å²) in [4.78, 5) is 20.4. The molecule has 1 heterocycles. The highest BCUT2D eigenvalue weighted by molar-refractivity contribution is 5.80. The number of hydrogen-bond donors (Lipinski definition) is 2. The molecule has 2 N–H and O–H groups in total. The quantitative estimate of drug-likeness (QED) is 0.424. The Labute approximate surface area is 157 Å². The Balaban J connectivity index is 1.84. The van der Waals surface area contributed by atoms with Crippen LogP contribution in [0.2, 0.25) is 0 Å². The zero-order valence-corrected chi connectivity index (χ0v) is 16.6. The molecule has 0 unspecified atom stereocenters. The van der Waals surface area contributed by atoms with Gasteiger partial charge in [0.15, 0.2) is 5.96 Å². The molecule has 1 aromatic rings. The number of benzene rings is 1. The highest BCUT2D eigenvalue weighted by atomic mass is 16.2. The van der Waals surface area contributed by atoms with Gasteiger partial charge in [-0.15, -0.1) is 0 Å². The van der Waals surface area contributed by atoms with E-state index in [-0.39, 0.29) is 0 Å². The Kier molecular flexibility index (Phi) is 7.75. The van der Waals surface area contributed by atoms with E-state index < -0.39 is 0 Å². The van der Waals surface area contributed by atoms with E-state index in [9.17, 15) is 4.79 Å². The molecule has 0 bridgehead atoms. The summed E-state index contributed by atoms with van der Waals surface area (Å²) < 4.78 is 0. The number of rotatable bonds is 8. The van der Waals surface area contributed by atoms with Crippen LogP contribution in [0.3, 0.4) is 0 Å². The zero-order valence-electron chi connectivity index (χ0n) is 16.6. The van der Waals surface area contributed by atoms with Gasteiger partial charge in [0.2, 0.25) is 5.91 Å². The van der Waals surface area contributed by atoms with Gasteiger partial charge in [-0.05, 0) is 49.9 Å². The molecule has 2 rings (SSSR count). The largest absolute Gasteiger partial charge is 0.378 e. The Morgan fingerprint density at radius 2 is 2.12 bits per heavy atom. The van der Waals surface area contributed by atoms with Crippen LogP contribution < -0.4 is 15.5 Å². The van der Waals surface area contributed by atoms with E-state index in [2.05, 4.69) is 61.7 Å². The summed E-state index contributed by atoms with van der Waals surface area (Å²) >= 11 is 0. The zero-order chi connectivity index (χ0) is 18.9. The van der Waals surface area contributed by atoms with Crippen LogP contribution in [0, 0.1) is 6.92 Å². The van der Waals surface area contributed by atoms with E-state index >= 15 is 0 Å². The molecular weight excluding hydrogens is 326 g/mol. The molecule has 1 fully saturated rings. The summed E-state index contributed by atoms with van der Waals surface area (Å²) in [5.41, 5.74) is 3.69. The molecule has 0 radical (unpaired) electrons. The molecule has 0 aliphatic carbocycles. The van der Waals surface area contributed by atoms with Crippen molar-refractivity contribution in [3.05, 3.63) is 29.3 Å². The van der Waals surface area contributed by atoms with Gasteiger partial charge in [0, 0.05) is 52.4 Å². The topological polar surface area (TPSA) is 60.0 Å². The summed E-state index contributed by atoms with van der Waals surface area (Å²) in [6, 6.07) is 6.47. The van der Waals surface area contributed by atoms with Crippen molar-refractivity contribution < 1.29 is 4.79 Å². The monoisotopic (exact) mass is 359 g/mol. The third-order valence-electron chi connectivity index (χ3n) is 4.66. The van der Waals surface area contributed by atoms with E-state index in [4.69, 9.17) is 4.99 Å². The molecule has 0 saturated carbocycles. The standard InChI is InChI=1S/C20H33N5O/c1-5-21-20(22-11-7-13-25-12-6-8-19(25)26)23-15-17-9-10-18(24(3)4)14-16(17)2/h9-10,14H,5-8,11-13,15H2,1-4H3,(H2,21,22,23). The third kappa shape index (κ3) is 5.93. The number of likely N-dealkylation sites (tertiary alicyclic amines) is 1. The average molecular weight is 360 g/mol. The summed E-state index contributed by atoms with van der Waals surface area (Å²) in [6.07, 6.45) is 2.65. The molecule has 1 saturated heterocycles. The normalized spacial score (nSPS) is 14.7. The molecule has 1 amide bonds. The first-order valence-corrected chi connectivity index (χ1v) is 9.58. The van der Waals surface area contributed by atoms with Gasteiger partial charge in [0.25, 0.3) is 0 Å². The van der Waals surface area contributed by atoms with Crippen molar-refractivity contribution in [1.82, 2.24) is 15.5 Å². The lowest BCUT2D eigenvalue weighted by Crippen LogP contribution is -2.39. The number of amides is 1. The fourth-order valence-corrected chi connectivity index (χ4v) is 3.06. The summed E-state index contributed by atoms with van der Waals surface area (Å²) in [7, 11) is 4.10. The van der Waals surface area contributed by atoms with Gasteiger partial charge in [-0.3, -0.25) is 4.79 Å². The van der Waals surface area contributed by atoms with Crippen LogP contribution in [0.5, 0.6) is 0 Å². The third-order valence-corrected chi connectivity index (χ3v) is 4.66. The number of carbonyl (C=O) groups excluding carboxylic acids is 1. The average Bonchev–Trinajstić information content (AvgIpc) is 3.02. The fourth-order valence-electron chi connectivity index (χ4n) is 3.06. The molecule has 0 atom stereocenters. The van der Waals surface area contributed by atoms with Crippen molar-refractivity contribution in [2.24, 2.45) is 4.99 Å². The van der Waals surface area contributed by atoms with Gasteiger partial charge < -0.3 is 20.4 Å². The second kappa shape index (κ2) is 10.0. The van der Waals surface area contributed by atoms with Crippen LogP contribution >= 0.6 is 0 Å². The van der Waals surface area contributed by atoms with Gasteiger partial charge in [-0.25, -0.2) is 4.99 Å². The smallest absolute Gasteiger partial charge is 0.222 e. The first-order chi connectivity index (χ1) is 12.5. The van der Waals surface area contributed by atoms with Crippen LogP contribution in [0.4, 0.5) is 5.69 Å². The lowest BCUT2D eigenvalue weighted by atomic mass is 10.1. The second-order valence-corrected chi connectivity index (χ2v) is 6.97. The van der Waals surface area contributed by atoms with E-state index in [0.29, 0.717) is 18.9 Å². The first-order valence-electron chi connectivity index (χ1n) is 9.58. The maximum absolute atomic E-state index is 11.6. The number of anilines is 1. The van der Waals surface area contributed by atoms with Gasteiger partial charge in [-0.2, -0.15) is 0 Å². The summed E-state index contributed by atoms with van der Waals surface area (Å²) in [5, 5.41) is 6.66. The van der Waals surface area contributed by atoms with Crippen molar-refractivity contribution in [2.45, 2.75) is 39.7 Å². The Morgan fingerprint density at radius 1 is 1.31 bits per heavy atom. The van der Waals surface area contributed by atoms with Crippen molar-refractivity contribution in [2.75, 3.05) is 45.2 Å². The molecule has 26 heavy (non-hydrogen) atoms. The van der Waals surface area contributed by atoms with Gasteiger partial charge in [0.1, 0.15) is 0 Å². The molecule has 1 aliphatic rings. The number of hydrogen-bond acceptors (Lipinski definition) is 3. The number of guanidine groups is 1. The van der Waals surface area contributed by atoms with Crippen molar-refractivity contribution in [1.29, 1.82) is 0 Å². The van der Waals surface area contributed by atoms with E-state index in [1.54, 1.807) is 0 Å². The number of nitrogens with one attached hydrogen (secondary N) is 2. The molecule has 144 valence electrons. The van der Waals surface area contributed by atoms with Gasteiger partial charge in [-0.1, -0.05) is 6.07 Å². The first kappa shape index (κ1) is 20.1.